The quantitative estimate of drug-likeness (QED) is 0.166. The van der Waals surface area contributed by atoms with E-state index in [0.29, 0.717) is 23.7 Å². The molecule has 3 aromatic carbocycles. The van der Waals surface area contributed by atoms with Gasteiger partial charge in [0.05, 0.1) is 0 Å². The Hall–Kier alpha value is -4.63. The fourth-order valence-corrected chi connectivity index (χ4v) is 4.35. The second-order valence-corrected chi connectivity index (χ2v) is 11.0. The maximum atomic E-state index is 13.5. The molecule has 0 bridgehead atoms. The first-order valence-electron chi connectivity index (χ1n) is 13.5. The van der Waals surface area contributed by atoms with Crippen molar-refractivity contribution in [1.29, 1.82) is 0 Å². The van der Waals surface area contributed by atoms with Crippen molar-refractivity contribution < 1.29 is 19.4 Å². The fourth-order valence-electron chi connectivity index (χ4n) is 4.35. The maximum Gasteiger partial charge on any atom is 0.413 e. The number of nitrogens with zero attached hydrogens (tertiary/aromatic N) is 1. The molecule has 0 aliphatic carbocycles. The van der Waals surface area contributed by atoms with Gasteiger partial charge in [-0.25, -0.2) is 9.78 Å². The van der Waals surface area contributed by atoms with Crippen molar-refractivity contribution in [3.8, 4) is 0 Å². The second kappa shape index (κ2) is 12.7. The number of nitrogens with one attached hydrogen (secondary N) is 3. The lowest BCUT2D eigenvalue weighted by molar-refractivity contribution is -0.122. The lowest BCUT2D eigenvalue weighted by Gasteiger charge is -2.22. The van der Waals surface area contributed by atoms with Crippen LogP contribution in [0.1, 0.15) is 56.3 Å². The smallest absolute Gasteiger partial charge is 0.413 e. The molecule has 2 unspecified atom stereocenters. The first-order chi connectivity index (χ1) is 19.5. The van der Waals surface area contributed by atoms with Gasteiger partial charge in [-0.15, -0.1) is 0 Å². The van der Waals surface area contributed by atoms with Crippen molar-refractivity contribution in [2.75, 3.05) is 23.0 Å². The number of nitrogens with two attached hydrogens (primary N) is 1. The van der Waals surface area contributed by atoms with E-state index in [9.17, 15) is 14.7 Å². The van der Waals surface area contributed by atoms with Gasteiger partial charge < -0.3 is 26.2 Å². The summed E-state index contributed by atoms with van der Waals surface area (Å²) in [4.78, 5) is 30.2. The van der Waals surface area contributed by atoms with Gasteiger partial charge >= 0.3 is 6.09 Å². The summed E-state index contributed by atoms with van der Waals surface area (Å²) in [6.45, 7) is 7.69. The molecule has 0 saturated heterocycles. The van der Waals surface area contributed by atoms with Crippen LogP contribution in [-0.4, -0.2) is 34.3 Å². The standard InChI is InChI=1S/C32H37N5O4/c1-20(19-38)22-8-10-23(11-9-22)28(30(39)35-18-21-6-5-7-25(33)16-21)36-26-12-13-27-24(17-26)14-15-34-29(27)37-31(40)41-32(2,3)4/h5-17,20,28,36,38H,18-19,33H2,1-4H3,(H,35,39)(H,34,37,40). The number of nitrogen functional groups attached to an aromatic ring is 1. The number of benzene rings is 3. The summed E-state index contributed by atoms with van der Waals surface area (Å²) in [5.74, 6) is 0.163. The molecule has 2 atom stereocenters. The van der Waals surface area contributed by atoms with Gasteiger partial charge in [0, 0.05) is 42.0 Å². The molecule has 0 aliphatic rings. The highest BCUT2D eigenvalue weighted by molar-refractivity contribution is 5.99. The third kappa shape index (κ3) is 7.95. The zero-order valence-corrected chi connectivity index (χ0v) is 23.8. The Bertz CT molecular complexity index is 1520. The van der Waals surface area contributed by atoms with Crippen LogP contribution in [0.2, 0.25) is 0 Å². The van der Waals surface area contributed by atoms with Gasteiger partial charge in [0.15, 0.2) is 0 Å². The molecule has 214 valence electrons. The highest BCUT2D eigenvalue weighted by atomic mass is 16.6. The summed E-state index contributed by atoms with van der Waals surface area (Å²) >= 11 is 0. The third-order valence-electron chi connectivity index (χ3n) is 6.49. The average Bonchev–Trinajstić information content (AvgIpc) is 2.93. The molecule has 2 amide bonds. The minimum Gasteiger partial charge on any atom is -0.444 e. The third-order valence-corrected chi connectivity index (χ3v) is 6.49. The average molecular weight is 556 g/mol. The minimum absolute atomic E-state index is 0.00888. The van der Waals surface area contributed by atoms with E-state index in [-0.39, 0.29) is 18.4 Å². The number of aromatic nitrogens is 1. The van der Waals surface area contributed by atoms with E-state index >= 15 is 0 Å². The Morgan fingerprint density at radius 2 is 1.73 bits per heavy atom. The van der Waals surface area contributed by atoms with Gasteiger partial charge in [-0.05, 0) is 79.2 Å². The number of hydrogen-bond donors (Lipinski definition) is 5. The van der Waals surface area contributed by atoms with Crippen LogP contribution in [-0.2, 0) is 16.1 Å². The molecule has 4 aromatic rings. The fraction of sp³-hybridized carbons (Fsp3) is 0.281. The molecule has 0 radical (unpaired) electrons. The summed E-state index contributed by atoms with van der Waals surface area (Å²) in [6.07, 6.45) is 1.02. The van der Waals surface area contributed by atoms with Crippen molar-refractivity contribution in [3.05, 3.63) is 95.7 Å². The van der Waals surface area contributed by atoms with Crippen molar-refractivity contribution in [2.24, 2.45) is 0 Å². The number of aliphatic hydroxyl groups excluding tert-OH is 1. The van der Waals surface area contributed by atoms with Crippen molar-refractivity contribution in [3.63, 3.8) is 0 Å². The summed E-state index contributed by atoms with van der Waals surface area (Å²) in [7, 11) is 0. The number of ether oxygens (including phenoxy) is 1. The van der Waals surface area contributed by atoms with Crippen LogP contribution in [0.15, 0.2) is 79.0 Å². The Balaban J connectivity index is 1.59. The zero-order chi connectivity index (χ0) is 29.6. The molecular weight excluding hydrogens is 518 g/mol. The minimum atomic E-state index is -0.701. The highest BCUT2D eigenvalue weighted by Crippen LogP contribution is 2.28. The van der Waals surface area contributed by atoms with Crippen LogP contribution >= 0.6 is 0 Å². The van der Waals surface area contributed by atoms with E-state index in [1.54, 1.807) is 33.0 Å². The number of rotatable bonds is 9. The van der Waals surface area contributed by atoms with Crippen LogP contribution in [0.5, 0.6) is 0 Å². The van der Waals surface area contributed by atoms with Gasteiger partial charge in [0.25, 0.3) is 0 Å². The van der Waals surface area contributed by atoms with Gasteiger partial charge in [-0.3, -0.25) is 10.1 Å². The van der Waals surface area contributed by atoms with Crippen molar-refractivity contribution >= 4 is 40.0 Å². The topological polar surface area (TPSA) is 139 Å². The number of aliphatic hydroxyl groups is 1. The van der Waals surface area contributed by atoms with E-state index < -0.39 is 17.7 Å². The number of carbonyl (C=O) groups excluding carboxylic acids is 2. The molecule has 6 N–H and O–H groups in total. The molecule has 1 heterocycles. The van der Waals surface area contributed by atoms with Crippen LogP contribution in [0, 0.1) is 0 Å². The molecule has 9 nitrogen and oxygen atoms in total. The summed E-state index contributed by atoms with van der Waals surface area (Å²) in [6, 6.07) is 21.7. The summed E-state index contributed by atoms with van der Waals surface area (Å²) in [5.41, 5.74) is 9.26. The first kappa shape index (κ1) is 29.4. The second-order valence-electron chi connectivity index (χ2n) is 11.0. The zero-order valence-electron chi connectivity index (χ0n) is 23.8. The van der Waals surface area contributed by atoms with Gasteiger partial charge in [0.2, 0.25) is 5.91 Å². The first-order valence-corrected chi connectivity index (χ1v) is 13.5. The largest absolute Gasteiger partial charge is 0.444 e. The van der Waals surface area contributed by atoms with Crippen molar-refractivity contribution in [1.82, 2.24) is 10.3 Å². The number of anilines is 3. The number of fused-ring (bicyclic) bond motifs is 1. The molecule has 9 heteroatoms. The van der Waals surface area contributed by atoms with Gasteiger partial charge in [-0.2, -0.15) is 0 Å². The number of carbonyl (C=O) groups is 2. The number of amides is 2. The van der Waals surface area contributed by atoms with Crippen LogP contribution in [0.3, 0.4) is 0 Å². The Labute approximate surface area is 240 Å². The Morgan fingerprint density at radius 1 is 1.00 bits per heavy atom. The molecule has 0 saturated carbocycles. The van der Waals surface area contributed by atoms with Crippen LogP contribution in [0.25, 0.3) is 10.8 Å². The number of pyridine rings is 1. The normalized spacial score (nSPS) is 12.8. The Morgan fingerprint density at radius 3 is 2.41 bits per heavy atom. The van der Waals surface area contributed by atoms with E-state index in [1.165, 1.54) is 0 Å². The molecular formula is C32H37N5O4. The monoisotopic (exact) mass is 555 g/mol. The van der Waals surface area contributed by atoms with Crippen molar-refractivity contribution in [2.45, 2.75) is 51.8 Å². The van der Waals surface area contributed by atoms with E-state index in [1.807, 2.05) is 73.7 Å². The lowest BCUT2D eigenvalue weighted by atomic mass is 9.97. The maximum absolute atomic E-state index is 13.5. The van der Waals surface area contributed by atoms with Gasteiger partial charge in [0.1, 0.15) is 17.5 Å². The predicted octanol–water partition coefficient (Wildman–Crippen LogP) is 5.73. The van der Waals surface area contributed by atoms with E-state index in [2.05, 4.69) is 20.9 Å². The molecule has 0 aliphatic heterocycles. The van der Waals surface area contributed by atoms with Crippen LogP contribution < -0.4 is 21.7 Å². The molecule has 1 aromatic heterocycles. The van der Waals surface area contributed by atoms with E-state index in [4.69, 9.17) is 10.5 Å². The molecule has 41 heavy (non-hydrogen) atoms. The predicted molar refractivity (Wildman–Crippen MR) is 163 cm³/mol. The van der Waals surface area contributed by atoms with Crippen LogP contribution in [0.4, 0.5) is 22.0 Å². The summed E-state index contributed by atoms with van der Waals surface area (Å²) in [5, 5.41) is 20.2. The molecule has 0 fully saturated rings. The van der Waals surface area contributed by atoms with E-state index in [0.717, 1.165) is 27.5 Å². The summed E-state index contributed by atoms with van der Waals surface area (Å²) < 4.78 is 5.37. The SMILES string of the molecule is CC(CO)c1ccc(C(Nc2ccc3c(NC(=O)OC(C)(C)C)nccc3c2)C(=O)NCc2cccc(N)c2)cc1. The Kier molecular flexibility index (Phi) is 9.09. The lowest BCUT2D eigenvalue weighted by Crippen LogP contribution is -2.33. The molecule has 4 rings (SSSR count). The van der Waals surface area contributed by atoms with Gasteiger partial charge in [-0.1, -0.05) is 43.3 Å². The highest BCUT2D eigenvalue weighted by Gasteiger charge is 2.22. The molecule has 0 spiro atoms. The number of hydrogen-bond acceptors (Lipinski definition) is 7.